The van der Waals surface area contributed by atoms with E-state index in [1.165, 1.54) is 169 Å². The summed E-state index contributed by atoms with van der Waals surface area (Å²) in [6, 6.07) is 16.8. The van der Waals surface area contributed by atoms with Crippen LogP contribution in [0.1, 0.15) is 191 Å². The van der Waals surface area contributed by atoms with Gasteiger partial charge in [-0.15, -0.1) is 0 Å². The van der Waals surface area contributed by atoms with E-state index in [2.05, 4.69) is 81.5 Å². The van der Waals surface area contributed by atoms with Gasteiger partial charge < -0.3 is 0 Å². The van der Waals surface area contributed by atoms with Crippen LogP contribution < -0.4 is 0 Å². The van der Waals surface area contributed by atoms with E-state index in [0.717, 1.165) is 18.5 Å². The third-order valence-corrected chi connectivity index (χ3v) is 11.1. The first-order valence-corrected chi connectivity index (χ1v) is 20.3. The highest BCUT2D eigenvalue weighted by molar-refractivity contribution is 5.84. The monoisotopic (exact) mass is 637 g/mol. The Labute approximate surface area is 290 Å². The van der Waals surface area contributed by atoms with Crippen molar-refractivity contribution in [2.75, 3.05) is 0 Å². The minimum atomic E-state index is 0.101. The molecular weight excluding hydrogens is 569 g/mol. The molecule has 0 radical (unpaired) electrons. The van der Waals surface area contributed by atoms with Gasteiger partial charge in [-0.25, -0.2) is 0 Å². The molecule has 258 valence electrons. The largest absolute Gasteiger partial charge is 0.158 e. The number of benzene rings is 2. The van der Waals surface area contributed by atoms with Crippen LogP contribution in [0.4, 0.5) is 0 Å². The summed E-state index contributed by atoms with van der Waals surface area (Å²) in [6.07, 6.45) is 33.3. The molecule has 0 saturated heterocycles. The van der Waals surface area contributed by atoms with Crippen molar-refractivity contribution in [1.29, 1.82) is 0 Å². The molecule has 0 fully saturated rings. The van der Waals surface area contributed by atoms with Crippen LogP contribution in [0.2, 0.25) is 0 Å². The Bertz CT molecular complexity index is 1290. The molecule has 0 saturated carbocycles. The smallest absolute Gasteiger partial charge is 0.0964 e. The van der Waals surface area contributed by atoms with E-state index in [0.29, 0.717) is 0 Å². The molecule has 1 aliphatic rings. The number of nitrogens with zero attached hydrogens (tertiary/aromatic N) is 2. The number of aryl methyl sites for hydroxylation is 1. The van der Waals surface area contributed by atoms with Crippen molar-refractivity contribution in [3.63, 3.8) is 0 Å². The fourth-order valence-corrected chi connectivity index (χ4v) is 8.32. The van der Waals surface area contributed by atoms with Crippen molar-refractivity contribution in [2.24, 2.45) is 0 Å². The number of hydrogen-bond acceptors (Lipinski definition) is 2. The van der Waals surface area contributed by atoms with Gasteiger partial charge in [0.25, 0.3) is 0 Å². The Morgan fingerprint density at radius 1 is 0.511 bits per heavy atom. The highest BCUT2D eigenvalue weighted by Crippen LogP contribution is 2.55. The van der Waals surface area contributed by atoms with Gasteiger partial charge in [0, 0.05) is 11.0 Å². The van der Waals surface area contributed by atoms with E-state index in [-0.39, 0.29) is 5.41 Å². The molecule has 4 rings (SSSR count). The highest BCUT2D eigenvalue weighted by atomic mass is 15.1. The van der Waals surface area contributed by atoms with Crippen molar-refractivity contribution < 1.29 is 0 Å². The van der Waals surface area contributed by atoms with Gasteiger partial charge in [0.2, 0.25) is 0 Å². The molecule has 2 nitrogen and oxygen atoms in total. The average molecular weight is 637 g/mol. The van der Waals surface area contributed by atoms with Gasteiger partial charge in [0.1, 0.15) is 0 Å². The van der Waals surface area contributed by atoms with E-state index >= 15 is 0 Å². The van der Waals surface area contributed by atoms with E-state index in [4.69, 9.17) is 5.10 Å². The second-order valence-corrected chi connectivity index (χ2v) is 14.7. The average Bonchev–Trinajstić information content (AvgIpc) is 3.37. The minimum Gasteiger partial charge on any atom is -0.158 e. The molecule has 0 amide bonds. The maximum absolute atomic E-state index is 4.93. The van der Waals surface area contributed by atoms with Gasteiger partial charge in [-0.1, -0.05) is 180 Å². The van der Waals surface area contributed by atoms with E-state index < -0.39 is 0 Å². The summed E-state index contributed by atoms with van der Waals surface area (Å²) in [4.78, 5) is 0. The molecule has 0 bridgehead atoms. The lowest BCUT2D eigenvalue weighted by atomic mass is 9.70. The summed E-state index contributed by atoms with van der Waals surface area (Å²) in [6.45, 7) is 9.26. The molecule has 1 aliphatic carbocycles. The van der Waals surface area contributed by atoms with Crippen molar-refractivity contribution in [3.05, 3.63) is 70.9 Å². The van der Waals surface area contributed by atoms with Crippen LogP contribution >= 0.6 is 0 Å². The SMILES string of the molecule is CCCCCCCCC1(CCCCCCCC)c2ccccc2-c2ccc(-c3nncc(CCCCCC)c3CCCCCC)cc21. The Morgan fingerprint density at radius 3 is 1.68 bits per heavy atom. The van der Waals surface area contributed by atoms with Gasteiger partial charge in [0.15, 0.2) is 0 Å². The zero-order valence-corrected chi connectivity index (χ0v) is 31.0. The van der Waals surface area contributed by atoms with Crippen LogP contribution in [0, 0.1) is 0 Å². The van der Waals surface area contributed by atoms with Crippen LogP contribution in [0.3, 0.4) is 0 Å². The topological polar surface area (TPSA) is 25.8 Å². The van der Waals surface area contributed by atoms with Crippen molar-refractivity contribution >= 4 is 0 Å². The van der Waals surface area contributed by atoms with Crippen LogP contribution in [-0.4, -0.2) is 10.2 Å². The Hall–Kier alpha value is -2.48. The third-order valence-electron chi connectivity index (χ3n) is 11.1. The Morgan fingerprint density at radius 2 is 1.04 bits per heavy atom. The van der Waals surface area contributed by atoms with E-state index in [1.54, 1.807) is 11.1 Å². The zero-order chi connectivity index (χ0) is 33.2. The molecule has 3 aromatic rings. The van der Waals surface area contributed by atoms with Gasteiger partial charge in [-0.3, -0.25) is 0 Å². The highest BCUT2D eigenvalue weighted by Gasteiger charge is 2.42. The fourth-order valence-electron chi connectivity index (χ4n) is 8.32. The Balaban J connectivity index is 1.71. The fraction of sp³-hybridized carbons (Fsp3) is 0.644. The lowest BCUT2D eigenvalue weighted by molar-refractivity contribution is 0.398. The molecule has 0 atom stereocenters. The lowest BCUT2D eigenvalue weighted by Gasteiger charge is -2.33. The van der Waals surface area contributed by atoms with Crippen molar-refractivity contribution in [1.82, 2.24) is 10.2 Å². The molecule has 1 aromatic heterocycles. The summed E-state index contributed by atoms with van der Waals surface area (Å²) >= 11 is 0. The molecule has 0 N–H and O–H groups in total. The summed E-state index contributed by atoms with van der Waals surface area (Å²) in [5, 5.41) is 9.59. The molecule has 1 heterocycles. The maximum atomic E-state index is 4.93. The number of hydrogen-bond donors (Lipinski definition) is 0. The second kappa shape index (κ2) is 20.8. The van der Waals surface area contributed by atoms with E-state index in [9.17, 15) is 0 Å². The van der Waals surface area contributed by atoms with Crippen LogP contribution in [0.5, 0.6) is 0 Å². The van der Waals surface area contributed by atoms with Crippen molar-refractivity contribution in [3.8, 4) is 22.4 Å². The number of unbranched alkanes of at least 4 members (excludes halogenated alkanes) is 16. The summed E-state index contributed by atoms with van der Waals surface area (Å²) in [5.41, 5.74) is 11.6. The summed E-state index contributed by atoms with van der Waals surface area (Å²) in [5.74, 6) is 0. The lowest BCUT2D eigenvalue weighted by Crippen LogP contribution is -2.25. The van der Waals surface area contributed by atoms with Crippen LogP contribution in [0.25, 0.3) is 22.4 Å². The molecule has 2 heteroatoms. The third kappa shape index (κ3) is 10.3. The normalized spacial score (nSPS) is 13.2. The van der Waals surface area contributed by atoms with E-state index in [1.807, 2.05) is 0 Å². The van der Waals surface area contributed by atoms with Gasteiger partial charge in [-0.05, 0) is 78.0 Å². The molecular formula is C45H68N2. The first kappa shape index (κ1) is 37.3. The van der Waals surface area contributed by atoms with Gasteiger partial charge in [-0.2, -0.15) is 10.2 Å². The Kier molecular flexibility index (Phi) is 16.5. The first-order chi connectivity index (χ1) is 23.2. The molecule has 0 spiro atoms. The quantitative estimate of drug-likeness (QED) is 0.0865. The standard InChI is InChI=1S/C45H68N2/c1-5-9-13-17-19-25-33-45(34-26-20-18-14-10-6-2)42-30-24-23-29-40(42)41-32-31-37(35-43(41)45)44-39(28-22-16-12-8-4)38(36-46-47-44)27-21-15-11-7-3/h23-24,29-32,35-36H,5-22,25-28,33-34H2,1-4H3. The number of rotatable bonds is 25. The minimum absolute atomic E-state index is 0.101. The van der Waals surface area contributed by atoms with Crippen LogP contribution in [0.15, 0.2) is 48.7 Å². The molecule has 2 aromatic carbocycles. The maximum Gasteiger partial charge on any atom is 0.0964 e. The van der Waals surface area contributed by atoms with Gasteiger partial charge >= 0.3 is 0 Å². The summed E-state index contributed by atoms with van der Waals surface area (Å²) < 4.78 is 0. The van der Waals surface area contributed by atoms with Gasteiger partial charge in [0.05, 0.1) is 11.9 Å². The summed E-state index contributed by atoms with van der Waals surface area (Å²) in [7, 11) is 0. The number of aromatic nitrogens is 2. The number of fused-ring (bicyclic) bond motifs is 3. The zero-order valence-electron chi connectivity index (χ0n) is 31.0. The van der Waals surface area contributed by atoms with Crippen LogP contribution in [-0.2, 0) is 18.3 Å². The molecule has 0 unspecified atom stereocenters. The first-order valence-electron chi connectivity index (χ1n) is 20.3. The second-order valence-electron chi connectivity index (χ2n) is 14.7. The predicted molar refractivity (Wildman–Crippen MR) is 205 cm³/mol. The molecule has 0 aliphatic heterocycles. The molecule has 47 heavy (non-hydrogen) atoms. The van der Waals surface area contributed by atoms with Crippen molar-refractivity contribution in [2.45, 2.75) is 187 Å². The predicted octanol–water partition coefficient (Wildman–Crippen LogP) is 14.2.